The van der Waals surface area contributed by atoms with E-state index >= 15 is 0 Å². The molecule has 3 aliphatic rings. The molecule has 1 N–H and O–H groups in total. The van der Waals surface area contributed by atoms with Crippen LogP contribution in [-0.2, 0) is 9.53 Å². The normalized spacial score (nSPS) is 31.5. The number of ether oxygens (including phenoxy) is 1. The number of hydrogen-bond acceptors (Lipinski definition) is 4. The van der Waals surface area contributed by atoms with Crippen LogP contribution in [-0.4, -0.2) is 50.2 Å². The maximum atomic E-state index is 11.9. The first-order valence-electron chi connectivity index (χ1n) is 8.78. The average Bonchev–Trinajstić information content (AvgIpc) is 3.15. The van der Waals surface area contributed by atoms with Crippen LogP contribution in [0.1, 0.15) is 44.9 Å². The molecule has 120 valence electrons. The van der Waals surface area contributed by atoms with Crippen molar-refractivity contribution in [2.24, 2.45) is 17.8 Å². The van der Waals surface area contributed by atoms with E-state index < -0.39 is 0 Å². The van der Waals surface area contributed by atoms with E-state index in [1.54, 1.807) is 0 Å². The number of esters is 1. The number of rotatable bonds is 6. The molecule has 3 fully saturated rings. The molecule has 0 radical (unpaired) electrons. The number of hydrogen-bond donors (Lipinski definition) is 1. The fraction of sp³-hybridized carbons (Fsp3) is 0.941. The molecule has 1 heterocycles. The fourth-order valence-corrected chi connectivity index (χ4v) is 4.04. The molecule has 2 aliphatic carbocycles. The Kier molecular flexibility index (Phi) is 5.17. The first-order chi connectivity index (χ1) is 10.2. The lowest BCUT2D eigenvalue weighted by Gasteiger charge is -2.37. The van der Waals surface area contributed by atoms with Gasteiger partial charge < -0.3 is 15.0 Å². The van der Waals surface area contributed by atoms with E-state index in [4.69, 9.17) is 4.74 Å². The van der Waals surface area contributed by atoms with E-state index in [1.807, 2.05) is 0 Å². The van der Waals surface area contributed by atoms with Gasteiger partial charge in [0.15, 0.2) is 0 Å². The molecular weight excluding hydrogens is 264 g/mol. The predicted molar refractivity (Wildman–Crippen MR) is 83.0 cm³/mol. The van der Waals surface area contributed by atoms with Crippen LogP contribution in [0.4, 0.5) is 0 Å². The van der Waals surface area contributed by atoms with Crippen molar-refractivity contribution in [3.8, 4) is 0 Å². The summed E-state index contributed by atoms with van der Waals surface area (Å²) < 4.78 is 4.99. The van der Waals surface area contributed by atoms with Gasteiger partial charge in [-0.1, -0.05) is 12.8 Å². The van der Waals surface area contributed by atoms with Gasteiger partial charge in [-0.15, -0.1) is 0 Å². The van der Waals surface area contributed by atoms with E-state index in [-0.39, 0.29) is 11.9 Å². The number of likely N-dealkylation sites (tertiary alicyclic amines) is 1. The molecule has 0 aromatic rings. The second-order valence-corrected chi connectivity index (χ2v) is 7.37. The average molecular weight is 294 g/mol. The molecule has 4 heteroatoms. The first-order valence-corrected chi connectivity index (χ1v) is 8.78. The minimum atomic E-state index is -0.0248. The van der Waals surface area contributed by atoms with Crippen LogP contribution < -0.4 is 5.32 Å². The third kappa shape index (κ3) is 4.43. The van der Waals surface area contributed by atoms with Gasteiger partial charge in [0.2, 0.25) is 0 Å². The Hall–Kier alpha value is -0.610. The summed E-state index contributed by atoms with van der Waals surface area (Å²) in [5.74, 6) is 1.78. The molecule has 0 aromatic heterocycles. The number of nitrogens with zero attached hydrogens (tertiary/aromatic N) is 1. The summed E-state index contributed by atoms with van der Waals surface area (Å²) in [5.41, 5.74) is 0. The highest BCUT2D eigenvalue weighted by atomic mass is 16.5. The number of carbonyl (C=O) groups excluding carboxylic acids is 1. The zero-order valence-electron chi connectivity index (χ0n) is 13.4. The zero-order chi connectivity index (χ0) is 14.7. The SMILES string of the molecule is COC(=O)C1CC(NCC2CCCC2)CN(CC2CC2)C1. The standard InChI is InChI=1S/C17H30N2O2/c1-21-17(20)15-8-16(18-9-13-4-2-3-5-13)12-19(11-15)10-14-6-7-14/h13-16,18H,2-12H2,1H3. The van der Waals surface area contributed by atoms with Crippen molar-refractivity contribution < 1.29 is 9.53 Å². The van der Waals surface area contributed by atoms with E-state index in [2.05, 4.69) is 10.2 Å². The Labute approximate surface area is 128 Å². The van der Waals surface area contributed by atoms with Crippen LogP contribution in [0.5, 0.6) is 0 Å². The van der Waals surface area contributed by atoms with Crippen LogP contribution in [0.3, 0.4) is 0 Å². The Morgan fingerprint density at radius 1 is 1.14 bits per heavy atom. The van der Waals surface area contributed by atoms with Crippen molar-refractivity contribution in [2.45, 2.75) is 51.0 Å². The molecule has 0 spiro atoms. The van der Waals surface area contributed by atoms with Crippen LogP contribution in [0.25, 0.3) is 0 Å². The fourth-order valence-electron chi connectivity index (χ4n) is 4.04. The lowest BCUT2D eigenvalue weighted by atomic mass is 9.93. The van der Waals surface area contributed by atoms with Gasteiger partial charge in [-0.3, -0.25) is 4.79 Å². The number of piperidine rings is 1. The maximum absolute atomic E-state index is 11.9. The molecule has 4 nitrogen and oxygen atoms in total. The van der Waals surface area contributed by atoms with E-state index in [0.717, 1.165) is 37.9 Å². The molecule has 0 amide bonds. The van der Waals surface area contributed by atoms with Crippen LogP contribution >= 0.6 is 0 Å². The monoisotopic (exact) mass is 294 g/mol. The maximum Gasteiger partial charge on any atom is 0.310 e. The summed E-state index contributed by atoms with van der Waals surface area (Å²) in [7, 11) is 1.52. The van der Waals surface area contributed by atoms with Crippen molar-refractivity contribution in [3.63, 3.8) is 0 Å². The highest BCUT2D eigenvalue weighted by Gasteiger charge is 2.35. The third-order valence-electron chi connectivity index (χ3n) is 5.44. The summed E-state index contributed by atoms with van der Waals surface area (Å²) in [6.45, 7) is 4.31. The van der Waals surface area contributed by atoms with Gasteiger partial charge in [0.05, 0.1) is 13.0 Å². The van der Waals surface area contributed by atoms with Gasteiger partial charge in [0.25, 0.3) is 0 Å². The van der Waals surface area contributed by atoms with E-state index in [0.29, 0.717) is 6.04 Å². The third-order valence-corrected chi connectivity index (χ3v) is 5.44. The highest BCUT2D eigenvalue weighted by molar-refractivity contribution is 5.72. The van der Waals surface area contributed by atoms with Crippen molar-refractivity contribution in [1.82, 2.24) is 10.2 Å². The van der Waals surface area contributed by atoms with E-state index in [1.165, 1.54) is 52.2 Å². The van der Waals surface area contributed by atoms with E-state index in [9.17, 15) is 4.79 Å². The lowest BCUT2D eigenvalue weighted by Crippen LogP contribution is -2.52. The minimum absolute atomic E-state index is 0.0248. The Morgan fingerprint density at radius 3 is 2.57 bits per heavy atom. The summed E-state index contributed by atoms with van der Waals surface area (Å²) in [6, 6.07) is 0.460. The summed E-state index contributed by atoms with van der Waals surface area (Å²) >= 11 is 0. The van der Waals surface area contributed by atoms with Crippen LogP contribution in [0.2, 0.25) is 0 Å². The minimum Gasteiger partial charge on any atom is -0.469 e. The number of nitrogens with one attached hydrogen (secondary N) is 1. The molecule has 1 aliphatic heterocycles. The molecular formula is C17H30N2O2. The molecule has 2 unspecified atom stereocenters. The lowest BCUT2D eigenvalue weighted by molar-refractivity contribution is -0.147. The van der Waals surface area contributed by atoms with Crippen molar-refractivity contribution in [1.29, 1.82) is 0 Å². The van der Waals surface area contributed by atoms with Gasteiger partial charge in [0, 0.05) is 25.7 Å². The Bertz CT molecular complexity index is 351. The smallest absolute Gasteiger partial charge is 0.310 e. The van der Waals surface area contributed by atoms with Crippen molar-refractivity contribution in [2.75, 3.05) is 33.3 Å². The van der Waals surface area contributed by atoms with Crippen LogP contribution in [0.15, 0.2) is 0 Å². The molecule has 3 rings (SSSR count). The number of carbonyl (C=O) groups is 1. The molecule has 0 bridgehead atoms. The molecule has 21 heavy (non-hydrogen) atoms. The second kappa shape index (κ2) is 7.10. The van der Waals surface area contributed by atoms with Gasteiger partial charge in [-0.25, -0.2) is 0 Å². The Morgan fingerprint density at radius 2 is 1.90 bits per heavy atom. The zero-order valence-corrected chi connectivity index (χ0v) is 13.4. The van der Waals surface area contributed by atoms with Gasteiger partial charge in [-0.05, 0) is 50.5 Å². The van der Waals surface area contributed by atoms with Gasteiger partial charge >= 0.3 is 5.97 Å². The van der Waals surface area contributed by atoms with Crippen molar-refractivity contribution in [3.05, 3.63) is 0 Å². The predicted octanol–water partition coefficient (Wildman–Crippen LogP) is 2.04. The first kappa shape index (κ1) is 15.3. The largest absolute Gasteiger partial charge is 0.469 e. The quantitative estimate of drug-likeness (QED) is 0.761. The molecule has 0 aromatic carbocycles. The molecule has 1 saturated heterocycles. The summed E-state index contributed by atoms with van der Waals surface area (Å²) in [5, 5.41) is 3.75. The van der Waals surface area contributed by atoms with Gasteiger partial charge in [-0.2, -0.15) is 0 Å². The highest BCUT2D eigenvalue weighted by Crippen LogP contribution is 2.31. The summed E-state index contributed by atoms with van der Waals surface area (Å²) in [6.07, 6.45) is 9.25. The van der Waals surface area contributed by atoms with Crippen LogP contribution in [0, 0.1) is 17.8 Å². The number of methoxy groups -OCH3 is 1. The topological polar surface area (TPSA) is 41.6 Å². The molecule has 2 atom stereocenters. The summed E-state index contributed by atoms with van der Waals surface area (Å²) in [4.78, 5) is 14.4. The van der Waals surface area contributed by atoms with Gasteiger partial charge in [0.1, 0.15) is 0 Å². The second-order valence-electron chi connectivity index (χ2n) is 7.37. The van der Waals surface area contributed by atoms with Crippen molar-refractivity contribution >= 4 is 5.97 Å². The molecule has 2 saturated carbocycles. The Balaban J connectivity index is 1.51.